The average molecular weight is 390 g/mol. The molecule has 28 heavy (non-hydrogen) atoms. The van der Waals surface area contributed by atoms with Gasteiger partial charge in [-0.3, -0.25) is 9.78 Å². The normalized spacial score (nSPS) is 16.6. The van der Waals surface area contributed by atoms with Gasteiger partial charge in [-0.1, -0.05) is 12.1 Å². The van der Waals surface area contributed by atoms with Crippen molar-refractivity contribution >= 4 is 22.9 Å². The zero-order valence-electron chi connectivity index (χ0n) is 15.7. The summed E-state index contributed by atoms with van der Waals surface area (Å²) in [6.07, 6.45) is 2.74. The minimum absolute atomic E-state index is 0.0262. The smallest absolute Gasteiger partial charge is 0.407 e. The molecule has 0 spiro atoms. The number of rotatable bonds is 5. The van der Waals surface area contributed by atoms with Crippen LogP contribution in [-0.4, -0.2) is 34.4 Å². The maximum absolute atomic E-state index is 12.3. The molecule has 0 saturated heterocycles. The molecule has 1 saturated carbocycles. The minimum Gasteiger partial charge on any atom is -0.450 e. The van der Waals surface area contributed by atoms with Gasteiger partial charge in [-0.25, -0.2) is 9.59 Å². The Labute approximate surface area is 159 Å². The Morgan fingerprint density at radius 1 is 1.36 bits per heavy atom. The van der Waals surface area contributed by atoms with E-state index in [-0.39, 0.29) is 23.2 Å². The van der Waals surface area contributed by atoms with E-state index < -0.39 is 17.3 Å². The van der Waals surface area contributed by atoms with E-state index in [9.17, 15) is 14.4 Å². The van der Waals surface area contributed by atoms with E-state index in [1.54, 1.807) is 6.92 Å². The quantitative estimate of drug-likeness (QED) is 0.744. The lowest BCUT2D eigenvalue weighted by Gasteiger charge is -2.23. The Balaban J connectivity index is 1.68. The summed E-state index contributed by atoms with van der Waals surface area (Å²) in [7, 11) is 0. The van der Waals surface area contributed by atoms with Crippen molar-refractivity contribution < 1.29 is 18.8 Å². The van der Waals surface area contributed by atoms with Crippen molar-refractivity contribution in [3.8, 4) is 6.01 Å². The lowest BCUT2D eigenvalue weighted by molar-refractivity contribution is 0.146. The van der Waals surface area contributed by atoms with E-state index in [0.29, 0.717) is 44.3 Å². The molecule has 1 fully saturated rings. The average Bonchev–Trinajstić information content (AvgIpc) is 2.66. The summed E-state index contributed by atoms with van der Waals surface area (Å²) in [5, 5.41) is 7.06. The van der Waals surface area contributed by atoms with Gasteiger partial charge in [0.15, 0.2) is 0 Å². The molecule has 3 rings (SSSR count). The van der Waals surface area contributed by atoms with E-state index >= 15 is 0 Å². The van der Waals surface area contributed by atoms with E-state index in [1.165, 1.54) is 6.07 Å². The highest BCUT2D eigenvalue weighted by atomic mass is 16.6. The lowest BCUT2D eigenvalue weighted by Crippen LogP contribution is -2.38. The van der Waals surface area contributed by atoms with Crippen molar-refractivity contribution in [3.63, 3.8) is 0 Å². The molecule has 0 atom stereocenters. The molecular formula is C18H22N4O6. The SMILES string of the molecule is CCOC(=O)NC1CCC(=NOc2nc3oc(=O)cc(CC)c3c(=O)[nH]2)CC1. The van der Waals surface area contributed by atoms with Crippen LogP contribution in [0.2, 0.25) is 0 Å². The Kier molecular flexibility index (Phi) is 6.07. The van der Waals surface area contributed by atoms with E-state index in [1.807, 2.05) is 6.92 Å². The van der Waals surface area contributed by atoms with Crippen molar-refractivity contribution in [2.75, 3.05) is 6.61 Å². The number of nitrogens with zero attached hydrogens (tertiary/aromatic N) is 2. The van der Waals surface area contributed by atoms with Gasteiger partial charge < -0.3 is 19.3 Å². The highest BCUT2D eigenvalue weighted by molar-refractivity contribution is 5.85. The number of hydrogen-bond acceptors (Lipinski definition) is 8. The van der Waals surface area contributed by atoms with Crippen LogP contribution in [0.25, 0.3) is 11.1 Å². The first-order valence-electron chi connectivity index (χ1n) is 9.23. The fraction of sp³-hybridized carbons (Fsp3) is 0.500. The van der Waals surface area contributed by atoms with Crippen LogP contribution in [-0.2, 0) is 11.2 Å². The number of H-pyrrole nitrogens is 1. The maximum Gasteiger partial charge on any atom is 0.407 e. The summed E-state index contributed by atoms with van der Waals surface area (Å²) in [5.74, 6) is 0. The van der Waals surface area contributed by atoms with E-state index in [4.69, 9.17) is 14.0 Å². The van der Waals surface area contributed by atoms with Gasteiger partial charge in [-0.15, -0.1) is 0 Å². The zero-order valence-corrected chi connectivity index (χ0v) is 15.7. The van der Waals surface area contributed by atoms with Crippen LogP contribution in [0.3, 0.4) is 0 Å². The summed E-state index contributed by atoms with van der Waals surface area (Å²) in [4.78, 5) is 47.2. The van der Waals surface area contributed by atoms with Gasteiger partial charge in [0, 0.05) is 12.1 Å². The summed E-state index contributed by atoms with van der Waals surface area (Å²) in [6, 6.07) is 1.16. The van der Waals surface area contributed by atoms with Crippen LogP contribution < -0.4 is 21.3 Å². The second kappa shape index (κ2) is 8.68. The molecule has 1 aliphatic rings. The molecular weight excluding hydrogens is 368 g/mol. The Bertz CT molecular complexity index is 999. The number of aryl methyl sites for hydroxylation is 1. The monoisotopic (exact) mass is 390 g/mol. The zero-order chi connectivity index (χ0) is 20.1. The molecule has 0 unspecified atom stereocenters. The second-order valence-electron chi connectivity index (χ2n) is 6.38. The molecule has 0 aromatic carbocycles. The number of ether oxygens (including phenoxy) is 1. The minimum atomic E-state index is -0.577. The van der Waals surface area contributed by atoms with Crippen molar-refractivity contribution in [1.82, 2.24) is 15.3 Å². The van der Waals surface area contributed by atoms with Crippen LogP contribution in [0.4, 0.5) is 4.79 Å². The molecule has 10 nitrogen and oxygen atoms in total. The standard InChI is InChI=1S/C18H22N4O6/c1-3-10-9-13(23)27-16-14(10)15(24)20-17(21-16)28-22-12-7-5-11(6-8-12)19-18(25)26-4-2/h9,11H,3-8H2,1-2H3,(H,19,25)(H,20,21,24). The van der Waals surface area contributed by atoms with Gasteiger partial charge in [0.2, 0.25) is 5.71 Å². The molecule has 0 radical (unpaired) electrons. The van der Waals surface area contributed by atoms with Crippen LogP contribution in [0.15, 0.2) is 25.2 Å². The number of aromatic amines is 1. The van der Waals surface area contributed by atoms with Gasteiger partial charge >= 0.3 is 17.7 Å². The third kappa shape index (κ3) is 4.56. The molecule has 10 heteroatoms. The number of carbonyl (C=O) groups is 1. The van der Waals surface area contributed by atoms with Gasteiger partial charge in [0.25, 0.3) is 5.56 Å². The predicted molar refractivity (Wildman–Crippen MR) is 101 cm³/mol. The lowest BCUT2D eigenvalue weighted by atomic mass is 9.94. The summed E-state index contributed by atoms with van der Waals surface area (Å²) >= 11 is 0. The first-order chi connectivity index (χ1) is 13.5. The number of fused-ring (bicyclic) bond motifs is 1. The third-order valence-electron chi connectivity index (χ3n) is 4.48. The number of carbonyl (C=O) groups excluding carboxylic acids is 1. The van der Waals surface area contributed by atoms with Gasteiger partial charge in [-0.2, -0.15) is 4.98 Å². The Morgan fingerprint density at radius 3 is 2.79 bits per heavy atom. The fourth-order valence-corrected chi connectivity index (χ4v) is 3.08. The highest BCUT2D eigenvalue weighted by Crippen LogP contribution is 2.18. The summed E-state index contributed by atoms with van der Waals surface area (Å²) < 4.78 is 9.89. The number of alkyl carbamates (subject to hydrolysis) is 1. The molecule has 1 amide bonds. The first-order valence-corrected chi connectivity index (χ1v) is 9.23. The van der Waals surface area contributed by atoms with Crippen molar-refractivity contribution in [3.05, 3.63) is 32.4 Å². The number of aromatic nitrogens is 2. The van der Waals surface area contributed by atoms with Crippen molar-refractivity contribution in [1.29, 1.82) is 0 Å². The van der Waals surface area contributed by atoms with Crippen LogP contribution >= 0.6 is 0 Å². The van der Waals surface area contributed by atoms with Crippen LogP contribution in [0, 0.1) is 0 Å². The number of oxime groups is 1. The third-order valence-corrected chi connectivity index (χ3v) is 4.48. The fourth-order valence-electron chi connectivity index (χ4n) is 3.08. The van der Waals surface area contributed by atoms with E-state index in [0.717, 1.165) is 5.71 Å². The molecule has 0 bridgehead atoms. The van der Waals surface area contributed by atoms with E-state index in [2.05, 4.69) is 20.4 Å². The molecule has 2 N–H and O–H groups in total. The highest BCUT2D eigenvalue weighted by Gasteiger charge is 2.20. The maximum atomic E-state index is 12.3. The van der Waals surface area contributed by atoms with Crippen molar-refractivity contribution in [2.45, 2.75) is 52.0 Å². The molecule has 2 aromatic rings. The first kappa shape index (κ1) is 19.6. The molecule has 150 valence electrons. The van der Waals surface area contributed by atoms with Crippen molar-refractivity contribution in [2.24, 2.45) is 5.16 Å². The topological polar surface area (TPSA) is 136 Å². The summed E-state index contributed by atoms with van der Waals surface area (Å²) in [5.41, 5.74) is 0.236. The molecule has 2 heterocycles. The van der Waals surface area contributed by atoms with Crippen LogP contribution in [0.5, 0.6) is 6.01 Å². The summed E-state index contributed by atoms with van der Waals surface area (Å²) in [6.45, 7) is 3.91. The van der Waals surface area contributed by atoms with Gasteiger partial charge in [0.1, 0.15) is 5.39 Å². The largest absolute Gasteiger partial charge is 0.450 e. The van der Waals surface area contributed by atoms with Gasteiger partial charge in [0.05, 0.1) is 12.3 Å². The predicted octanol–water partition coefficient (Wildman–Crippen LogP) is 1.86. The molecule has 1 aliphatic carbocycles. The number of nitrogens with one attached hydrogen (secondary N) is 2. The number of hydrogen-bond donors (Lipinski definition) is 2. The molecule has 2 aromatic heterocycles. The molecule has 0 aliphatic heterocycles. The van der Waals surface area contributed by atoms with Crippen LogP contribution in [0.1, 0.15) is 45.1 Å². The second-order valence-corrected chi connectivity index (χ2v) is 6.38. The van der Waals surface area contributed by atoms with Gasteiger partial charge in [-0.05, 0) is 44.6 Å². The Morgan fingerprint density at radius 2 is 2.11 bits per heavy atom. The number of amides is 1. The Hall–Kier alpha value is -3.17.